The quantitative estimate of drug-likeness (QED) is 0.376. The van der Waals surface area contributed by atoms with E-state index < -0.39 is 0 Å². The fraction of sp³-hybridized carbons (Fsp3) is 0.0526. The van der Waals surface area contributed by atoms with Crippen LogP contribution in [0.1, 0.15) is 5.69 Å². The van der Waals surface area contributed by atoms with E-state index in [0.29, 0.717) is 10.3 Å². The van der Waals surface area contributed by atoms with E-state index in [4.69, 9.17) is 12.2 Å². The summed E-state index contributed by atoms with van der Waals surface area (Å²) in [6.45, 7) is 1.94. The molecule has 0 aliphatic carbocycles. The normalized spacial score (nSPS) is 11.4. The summed E-state index contributed by atoms with van der Waals surface area (Å²) < 4.78 is 2.43. The van der Waals surface area contributed by atoms with Gasteiger partial charge in [-0.1, -0.05) is 48.6 Å². The van der Waals surface area contributed by atoms with Gasteiger partial charge in [0, 0.05) is 11.6 Å². The van der Waals surface area contributed by atoms with Crippen LogP contribution in [0.3, 0.4) is 0 Å². The standard InChI is InChI=1S/C19H15N5S/c1-13-17(19(25)24(23-13)15-9-3-2-4-10-15)22-21-16-11-5-7-14-8-6-12-20-18(14)16/h2-12,23H,1H3. The van der Waals surface area contributed by atoms with Gasteiger partial charge in [0.15, 0.2) is 4.64 Å². The Kier molecular flexibility index (Phi) is 3.95. The summed E-state index contributed by atoms with van der Waals surface area (Å²) in [6, 6.07) is 19.6. The number of hydrogen-bond donors (Lipinski definition) is 1. The highest BCUT2D eigenvalue weighted by Crippen LogP contribution is 2.28. The Labute approximate surface area is 149 Å². The van der Waals surface area contributed by atoms with Crippen molar-refractivity contribution in [3.63, 3.8) is 0 Å². The van der Waals surface area contributed by atoms with E-state index >= 15 is 0 Å². The van der Waals surface area contributed by atoms with Crippen LogP contribution in [0.5, 0.6) is 0 Å². The number of azo groups is 1. The monoisotopic (exact) mass is 345 g/mol. The van der Waals surface area contributed by atoms with Crippen molar-refractivity contribution in [1.29, 1.82) is 0 Å². The number of aromatic nitrogens is 3. The van der Waals surface area contributed by atoms with Gasteiger partial charge >= 0.3 is 0 Å². The largest absolute Gasteiger partial charge is 0.295 e. The Morgan fingerprint density at radius 3 is 2.60 bits per heavy atom. The second kappa shape index (κ2) is 6.41. The first-order chi connectivity index (χ1) is 12.2. The van der Waals surface area contributed by atoms with Crippen LogP contribution < -0.4 is 0 Å². The number of para-hydroxylation sites is 2. The lowest BCUT2D eigenvalue weighted by Crippen LogP contribution is -1.95. The molecule has 25 heavy (non-hydrogen) atoms. The summed E-state index contributed by atoms with van der Waals surface area (Å²) in [5.74, 6) is 0. The van der Waals surface area contributed by atoms with Crippen molar-refractivity contribution in [2.24, 2.45) is 10.2 Å². The Hall–Kier alpha value is -3.12. The third kappa shape index (κ3) is 2.88. The molecule has 0 unspecified atom stereocenters. The Morgan fingerprint density at radius 2 is 1.76 bits per heavy atom. The average molecular weight is 345 g/mol. The van der Waals surface area contributed by atoms with Gasteiger partial charge in [0.25, 0.3) is 0 Å². The smallest absolute Gasteiger partial charge is 0.155 e. The number of benzene rings is 2. The second-order valence-corrected chi connectivity index (χ2v) is 6.00. The van der Waals surface area contributed by atoms with Crippen LogP contribution in [0.25, 0.3) is 16.6 Å². The summed E-state index contributed by atoms with van der Waals surface area (Å²) in [5, 5.41) is 13.1. The number of aryl methyl sites for hydroxylation is 1. The zero-order valence-electron chi connectivity index (χ0n) is 13.5. The van der Waals surface area contributed by atoms with Gasteiger partial charge in [-0.15, -0.1) is 10.2 Å². The minimum absolute atomic E-state index is 0.598. The molecule has 0 radical (unpaired) electrons. The maximum Gasteiger partial charge on any atom is 0.155 e. The van der Waals surface area contributed by atoms with Crippen molar-refractivity contribution >= 4 is 34.5 Å². The molecule has 0 amide bonds. The zero-order valence-corrected chi connectivity index (χ0v) is 14.4. The lowest BCUT2D eigenvalue weighted by molar-refractivity contribution is 0.853. The van der Waals surface area contributed by atoms with Crippen LogP contribution in [0.4, 0.5) is 11.4 Å². The highest BCUT2D eigenvalue weighted by Gasteiger charge is 2.09. The highest BCUT2D eigenvalue weighted by atomic mass is 32.1. The van der Waals surface area contributed by atoms with Crippen LogP contribution in [-0.4, -0.2) is 14.8 Å². The average Bonchev–Trinajstić information content (AvgIpc) is 2.94. The molecule has 0 aliphatic rings. The number of aromatic amines is 1. The van der Waals surface area contributed by atoms with Crippen LogP contribution in [0, 0.1) is 11.6 Å². The van der Waals surface area contributed by atoms with E-state index in [9.17, 15) is 0 Å². The Morgan fingerprint density at radius 1 is 0.960 bits per heavy atom. The summed E-state index contributed by atoms with van der Waals surface area (Å²) in [5.41, 5.74) is 4.03. The van der Waals surface area contributed by atoms with E-state index in [-0.39, 0.29) is 0 Å². The summed E-state index contributed by atoms with van der Waals surface area (Å²) in [7, 11) is 0. The SMILES string of the molecule is Cc1[nH]n(-c2ccccc2)c(=S)c1N=Nc1cccc2cccnc12. The van der Waals surface area contributed by atoms with Crippen molar-refractivity contribution in [1.82, 2.24) is 14.8 Å². The summed E-state index contributed by atoms with van der Waals surface area (Å²) in [6.07, 6.45) is 1.75. The van der Waals surface area contributed by atoms with Crippen LogP contribution in [0.15, 0.2) is 77.1 Å². The first kappa shape index (κ1) is 15.4. The molecule has 122 valence electrons. The minimum Gasteiger partial charge on any atom is -0.295 e. The minimum atomic E-state index is 0.598. The third-order valence-electron chi connectivity index (χ3n) is 3.92. The van der Waals surface area contributed by atoms with Gasteiger partial charge in [-0.25, -0.2) is 4.68 Å². The van der Waals surface area contributed by atoms with Gasteiger partial charge in [0.2, 0.25) is 0 Å². The maximum atomic E-state index is 5.57. The van der Waals surface area contributed by atoms with Gasteiger partial charge in [-0.05, 0) is 31.2 Å². The van der Waals surface area contributed by atoms with Gasteiger partial charge in [0.1, 0.15) is 11.4 Å². The lowest BCUT2D eigenvalue weighted by atomic mass is 10.2. The number of hydrogen-bond acceptors (Lipinski definition) is 4. The lowest BCUT2D eigenvalue weighted by Gasteiger charge is -2.00. The van der Waals surface area contributed by atoms with Crippen molar-refractivity contribution in [3.05, 3.63) is 77.2 Å². The van der Waals surface area contributed by atoms with E-state index in [1.807, 2.05) is 72.3 Å². The molecule has 6 heteroatoms. The molecule has 5 nitrogen and oxygen atoms in total. The summed E-state index contributed by atoms with van der Waals surface area (Å²) in [4.78, 5) is 4.40. The predicted molar refractivity (Wildman–Crippen MR) is 102 cm³/mol. The predicted octanol–water partition coefficient (Wildman–Crippen LogP) is 5.81. The third-order valence-corrected chi connectivity index (χ3v) is 4.30. The molecule has 0 saturated heterocycles. The summed E-state index contributed by atoms with van der Waals surface area (Å²) >= 11 is 5.57. The van der Waals surface area contributed by atoms with Crippen molar-refractivity contribution in [3.8, 4) is 5.69 Å². The fourth-order valence-electron chi connectivity index (χ4n) is 2.69. The van der Waals surface area contributed by atoms with Crippen LogP contribution in [-0.2, 0) is 0 Å². The molecule has 2 aromatic carbocycles. The fourth-order valence-corrected chi connectivity index (χ4v) is 3.03. The molecule has 0 atom stereocenters. The van der Waals surface area contributed by atoms with Gasteiger partial charge in [0.05, 0.1) is 16.9 Å². The molecule has 0 saturated carbocycles. The van der Waals surface area contributed by atoms with Crippen molar-refractivity contribution in [2.75, 3.05) is 0 Å². The molecule has 4 aromatic rings. The van der Waals surface area contributed by atoms with Crippen molar-refractivity contribution < 1.29 is 0 Å². The van der Waals surface area contributed by atoms with Gasteiger partial charge in [-0.3, -0.25) is 10.1 Å². The highest BCUT2D eigenvalue weighted by molar-refractivity contribution is 7.71. The first-order valence-electron chi connectivity index (χ1n) is 7.86. The van der Waals surface area contributed by atoms with E-state index in [1.165, 1.54) is 0 Å². The zero-order chi connectivity index (χ0) is 17.2. The molecule has 1 N–H and O–H groups in total. The molecule has 0 fully saturated rings. The second-order valence-electron chi connectivity index (χ2n) is 5.61. The van der Waals surface area contributed by atoms with E-state index in [2.05, 4.69) is 20.3 Å². The molecule has 2 heterocycles. The van der Waals surface area contributed by atoms with Crippen LogP contribution >= 0.6 is 12.2 Å². The van der Waals surface area contributed by atoms with Crippen LogP contribution in [0.2, 0.25) is 0 Å². The molecule has 0 spiro atoms. The molecular formula is C19H15N5S. The molecule has 2 aromatic heterocycles. The molecule has 0 aliphatic heterocycles. The molecular weight excluding hydrogens is 330 g/mol. The van der Waals surface area contributed by atoms with E-state index in [1.54, 1.807) is 6.20 Å². The number of nitrogens with zero attached hydrogens (tertiary/aromatic N) is 4. The molecule has 4 rings (SSSR count). The topological polar surface area (TPSA) is 58.3 Å². The Bertz CT molecular complexity index is 1120. The number of pyridine rings is 1. The first-order valence-corrected chi connectivity index (χ1v) is 8.27. The number of fused-ring (bicyclic) bond motifs is 1. The number of nitrogens with one attached hydrogen (secondary N) is 1. The van der Waals surface area contributed by atoms with Crippen molar-refractivity contribution in [2.45, 2.75) is 6.92 Å². The number of rotatable bonds is 3. The van der Waals surface area contributed by atoms with Gasteiger partial charge in [-0.2, -0.15) is 0 Å². The number of H-pyrrole nitrogens is 1. The van der Waals surface area contributed by atoms with Gasteiger partial charge < -0.3 is 0 Å². The molecule has 0 bridgehead atoms. The van der Waals surface area contributed by atoms with E-state index in [0.717, 1.165) is 28.0 Å². The maximum absolute atomic E-state index is 5.57. The Balaban J connectivity index is 1.77.